The van der Waals surface area contributed by atoms with Gasteiger partial charge in [-0.3, -0.25) is 4.79 Å². The van der Waals surface area contributed by atoms with Crippen LogP contribution < -0.4 is 10.2 Å². The second kappa shape index (κ2) is 9.88. The molecule has 2 atom stereocenters. The number of benzene rings is 1. The van der Waals surface area contributed by atoms with E-state index in [-0.39, 0.29) is 17.4 Å². The molecule has 2 aromatic rings. The van der Waals surface area contributed by atoms with E-state index in [1.165, 1.54) is 31.3 Å². The lowest BCUT2D eigenvalue weighted by Gasteiger charge is -2.37. The topological polar surface area (TPSA) is 101 Å². The number of carbonyl (C=O) groups excluding carboxylic acids is 1. The van der Waals surface area contributed by atoms with Crippen molar-refractivity contribution < 1.29 is 26.7 Å². The van der Waals surface area contributed by atoms with Crippen LogP contribution in [0.4, 0.5) is 14.6 Å². The second-order valence-corrected chi connectivity index (χ2v) is 9.52. The molecule has 0 spiro atoms. The number of carbonyl (C=O) groups is 1. The van der Waals surface area contributed by atoms with Crippen molar-refractivity contribution in [1.82, 2.24) is 15.3 Å². The molecule has 0 bridgehead atoms. The predicted molar refractivity (Wildman–Crippen MR) is 115 cm³/mol. The first-order valence-electron chi connectivity index (χ1n) is 9.57. The van der Waals surface area contributed by atoms with E-state index in [0.717, 1.165) is 11.7 Å². The predicted octanol–water partition coefficient (Wildman–Crippen LogP) is 2.66. The van der Waals surface area contributed by atoms with E-state index in [4.69, 9.17) is 16.3 Å². The molecular weight excluding hydrogens is 466 g/mol. The zero-order chi connectivity index (χ0) is 23.5. The summed E-state index contributed by atoms with van der Waals surface area (Å²) in [5, 5.41) is 3.31. The molecule has 1 aromatic heterocycles. The molecule has 32 heavy (non-hydrogen) atoms. The summed E-state index contributed by atoms with van der Waals surface area (Å²) in [4.78, 5) is 21.8. The van der Waals surface area contributed by atoms with Gasteiger partial charge in [-0.1, -0.05) is 29.8 Å². The molecule has 0 saturated carbocycles. The van der Waals surface area contributed by atoms with Crippen LogP contribution in [0.25, 0.3) is 0 Å². The third kappa shape index (κ3) is 5.78. The maximum Gasteiger partial charge on any atom is 0.275 e. The molecule has 172 valence electrons. The maximum atomic E-state index is 14.7. The average Bonchev–Trinajstić information content (AvgIpc) is 2.73. The zero-order valence-electron chi connectivity index (χ0n) is 17.3. The van der Waals surface area contributed by atoms with E-state index < -0.39 is 45.3 Å². The van der Waals surface area contributed by atoms with Crippen molar-refractivity contribution in [2.45, 2.75) is 19.0 Å². The van der Waals surface area contributed by atoms with Crippen molar-refractivity contribution in [1.29, 1.82) is 0 Å². The molecule has 1 aliphatic heterocycles. The average molecular weight is 487 g/mol. The van der Waals surface area contributed by atoms with Crippen LogP contribution in [-0.2, 0) is 14.6 Å². The Morgan fingerprint density at radius 1 is 1.41 bits per heavy atom. The van der Waals surface area contributed by atoms with Gasteiger partial charge >= 0.3 is 0 Å². The molecule has 1 amide bonds. The van der Waals surface area contributed by atoms with Gasteiger partial charge in [-0.15, -0.1) is 0 Å². The number of ether oxygens (including phenoxy) is 1. The summed E-state index contributed by atoms with van der Waals surface area (Å²) in [6.45, 7) is 2.36. The summed E-state index contributed by atoms with van der Waals surface area (Å²) in [6, 6.07) is 3.19. The molecule has 3 rings (SSSR count). The Balaban J connectivity index is 1.82. The minimum absolute atomic E-state index is 0.0615. The molecule has 1 aliphatic rings. The first-order valence-corrected chi connectivity index (χ1v) is 11.9. The second-order valence-electron chi connectivity index (χ2n) is 7.21. The summed E-state index contributed by atoms with van der Waals surface area (Å²) < 4.78 is 56.4. The molecule has 0 radical (unpaired) electrons. The van der Waals surface area contributed by atoms with Gasteiger partial charge in [0.05, 0.1) is 30.5 Å². The molecule has 8 nitrogen and oxygen atoms in total. The van der Waals surface area contributed by atoms with Crippen LogP contribution in [0.3, 0.4) is 0 Å². The Bertz CT molecular complexity index is 1150. The maximum absolute atomic E-state index is 14.7. The number of aromatic nitrogens is 2. The lowest BCUT2D eigenvalue weighted by molar-refractivity contribution is 0.0925. The van der Waals surface area contributed by atoms with Gasteiger partial charge in [-0.05, 0) is 18.6 Å². The van der Waals surface area contributed by atoms with Crippen molar-refractivity contribution >= 4 is 33.2 Å². The quantitative estimate of drug-likeness (QED) is 0.669. The van der Waals surface area contributed by atoms with Gasteiger partial charge in [-0.25, -0.2) is 17.8 Å². The minimum Gasteiger partial charge on any atom is -0.377 e. The van der Waals surface area contributed by atoms with E-state index in [1.54, 1.807) is 11.0 Å². The fourth-order valence-electron chi connectivity index (χ4n) is 3.15. The molecule has 1 saturated heterocycles. The highest BCUT2D eigenvalue weighted by molar-refractivity contribution is 7.93. The Hall–Kier alpha value is -2.63. The van der Waals surface area contributed by atoms with Gasteiger partial charge in [0.1, 0.15) is 5.82 Å². The first kappa shape index (κ1) is 24.0. The van der Waals surface area contributed by atoms with Crippen LogP contribution in [0, 0.1) is 11.8 Å². The van der Waals surface area contributed by atoms with E-state index in [9.17, 15) is 22.0 Å². The van der Waals surface area contributed by atoms with Crippen molar-refractivity contribution in [3.8, 4) is 0 Å². The number of morpholine rings is 1. The first-order chi connectivity index (χ1) is 15.1. The molecule has 1 aromatic carbocycles. The van der Waals surface area contributed by atoms with Gasteiger partial charge in [-0.2, -0.15) is 9.37 Å². The fraction of sp³-hybridized carbons (Fsp3) is 0.350. The summed E-state index contributed by atoms with van der Waals surface area (Å²) in [5.41, 5.74) is -0.0798. The molecular formula is C20H21ClF2N4O4S. The van der Waals surface area contributed by atoms with Gasteiger partial charge in [0.25, 0.3) is 5.91 Å². The molecule has 12 heteroatoms. The van der Waals surface area contributed by atoms with Gasteiger partial charge in [0.2, 0.25) is 5.95 Å². The van der Waals surface area contributed by atoms with Crippen molar-refractivity contribution in [2.75, 3.05) is 30.9 Å². The van der Waals surface area contributed by atoms with E-state index in [1.807, 2.05) is 0 Å². The number of hydrogen-bond acceptors (Lipinski definition) is 7. The lowest BCUT2D eigenvalue weighted by Crippen LogP contribution is -2.40. The highest BCUT2D eigenvalue weighted by Crippen LogP contribution is 2.33. The number of nitrogens with one attached hydrogen (secondary N) is 1. The standard InChI is InChI=1S/C20H21ClF2N4O4S/c1-12(6-9-32(2,29)30)25-20(28)18-19(23)26-16(10-24-18)27-7-8-31-11-15(27)13-4-3-5-14(22)17(13)21/h3-6,9-10,12,15H,7-8,11H2,1-2H3,(H,25,28)/b9-6+/t12-,15?/m1/s1. The van der Waals surface area contributed by atoms with Gasteiger partial charge < -0.3 is 15.0 Å². The number of amides is 1. The number of halogens is 3. The molecule has 1 N–H and O–H groups in total. The Morgan fingerprint density at radius 3 is 2.84 bits per heavy atom. The Labute approximate surface area is 189 Å². The van der Waals surface area contributed by atoms with Crippen LogP contribution >= 0.6 is 11.6 Å². The summed E-state index contributed by atoms with van der Waals surface area (Å²) in [5.74, 6) is -2.40. The van der Waals surface area contributed by atoms with Crippen molar-refractivity contribution in [3.63, 3.8) is 0 Å². The largest absolute Gasteiger partial charge is 0.377 e. The summed E-state index contributed by atoms with van der Waals surface area (Å²) in [7, 11) is -3.36. The summed E-state index contributed by atoms with van der Waals surface area (Å²) >= 11 is 6.12. The molecule has 0 aliphatic carbocycles. The molecule has 2 heterocycles. The van der Waals surface area contributed by atoms with E-state index in [2.05, 4.69) is 15.3 Å². The highest BCUT2D eigenvalue weighted by Gasteiger charge is 2.29. The number of rotatable bonds is 6. The smallest absolute Gasteiger partial charge is 0.275 e. The minimum atomic E-state index is -3.36. The van der Waals surface area contributed by atoms with Crippen LogP contribution in [0.15, 0.2) is 35.9 Å². The van der Waals surface area contributed by atoms with Gasteiger partial charge in [0, 0.05) is 24.3 Å². The van der Waals surface area contributed by atoms with Crippen LogP contribution in [-0.4, -0.2) is 56.3 Å². The van der Waals surface area contributed by atoms with Crippen LogP contribution in [0.2, 0.25) is 5.02 Å². The lowest BCUT2D eigenvalue weighted by atomic mass is 10.0. The SMILES string of the molecule is C[C@H](/C=C/S(C)(=O)=O)NC(=O)c1ncc(N2CCOCC2c2cccc(F)c2Cl)nc1F. The molecule has 1 fully saturated rings. The zero-order valence-corrected chi connectivity index (χ0v) is 18.8. The molecule has 1 unspecified atom stereocenters. The number of sulfone groups is 1. The third-order valence-electron chi connectivity index (χ3n) is 4.67. The third-order valence-corrected chi connectivity index (χ3v) is 5.72. The monoisotopic (exact) mass is 486 g/mol. The summed E-state index contributed by atoms with van der Waals surface area (Å²) in [6.07, 6.45) is 3.51. The number of hydrogen-bond donors (Lipinski definition) is 1. The van der Waals surface area contributed by atoms with E-state index in [0.29, 0.717) is 18.7 Å². The highest BCUT2D eigenvalue weighted by atomic mass is 35.5. The van der Waals surface area contributed by atoms with E-state index >= 15 is 0 Å². The van der Waals surface area contributed by atoms with Crippen LogP contribution in [0.5, 0.6) is 0 Å². The number of anilines is 1. The van der Waals surface area contributed by atoms with Gasteiger partial charge in [0.15, 0.2) is 21.3 Å². The van der Waals surface area contributed by atoms with Crippen molar-refractivity contribution in [3.05, 3.63) is 63.9 Å². The number of nitrogens with zero attached hydrogens (tertiary/aromatic N) is 3. The Morgan fingerprint density at radius 2 is 2.16 bits per heavy atom. The fourth-order valence-corrected chi connectivity index (χ4v) is 3.92. The normalized spacial score (nSPS) is 18.0. The van der Waals surface area contributed by atoms with Crippen molar-refractivity contribution in [2.24, 2.45) is 0 Å². The Kier molecular flexibility index (Phi) is 7.42. The van der Waals surface area contributed by atoms with Crippen LogP contribution in [0.1, 0.15) is 29.0 Å².